The first-order valence-corrected chi connectivity index (χ1v) is 8.30. The lowest BCUT2D eigenvalue weighted by atomic mass is 9.79. The van der Waals surface area contributed by atoms with Crippen molar-refractivity contribution in [2.24, 2.45) is 17.8 Å². The van der Waals surface area contributed by atoms with Crippen molar-refractivity contribution in [1.82, 2.24) is 0 Å². The number of rotatable bonds is 4. The van der Waals surface area contributed by atoms with E-state index >= 15 is 0 Å². The summed E-state index contributed by atoms with van der Waals surface area (Å²) in [6, 6.07) is 8.75. The Balaban J connectivity index is 1.74. The van der Waals surface area contributed by atoms with E-state index in [0.29, 0.717) is 5.92 Å². The molecule has 0 aromatic heterocycles. The van der Waals surface area contributed by atoms with Crippen molar-refractivity contribution >= 4 is 0 Å². The molecule has 1 aromatic rings. The first kappa shape index (κ1) is 14.1. The molecular formula is C19H28O. The fourth-order valence-electron chi connectivity index (χ4n) is 4.26. The minimum absolute atomic E-state index is 0.232. The topological polar surface area (TPSA) is 20.2 Å². The monoisotopic (exact) mass is 272 g/mol. The van der Waals surface area contributed by atoms with Gasteiger partial charge in [0, 0.05) is 0 Å². The number of hydrogen-bond donors (Lipinski definition) is 1. The van der Waals surface area contributed by atoms with Gasteiger partial charge in [0.2, 0.25) is 0 Å². The Hall–Kier alpha value is -0.820. The molecule has 0 spiro atoms. The molecule has 4 atom stereocenters. The molecule has 0 heterocycles. The second-order valence-electron chi connectivity index (χ2n) is 7.64. The summed E-state index contributed by atoms with van der Waals surface area (Å²) >= 11 is 0. The molecule has 3 rings (SSSR count). The molecule has 110 valence electrons. The normalized spacial score (nSPS) is 30.7. The second kappa shape index (κ2) is 5.18. The predicted octanol–water partition coefficient (Wildman–Crippen LogP) is 4.84. The maximum absolute atomic E-state index is 10.7. The van der Waals surface area contributed by atoms with Crippen molar-refractivity contribution in [1.29, 1.82) is 0 Å². The van der Waals surface area contributed by atoms with Crippen molar-refractivity contribution in [3.8, 4) is 0 Å². The molecule has 1 heteroatoms. The minimum Gasteiger partial charge on any atom is -0.388 e. The molecule has 0 radical (unpaired) electrons. The smallest absolute Gasteiger partial charge is 0.0820 e. The van der Waals surface area contributed by atoms with Crippen LogP contribution in [0.1, 0.15) is 70.1 Å². The summed E-state index contributed by atoms with van der Waals surface area (Å²) in [7, 11) is 0. The molecule has 1 N–H and O–H groups in total. The van der Waals surface area contributed by atoms with E-state index in [9.17, 15) is 5.11 Å². The van der Waals surface area contributed by atoms with Crippen LogP contribution in [0.2, 0.25) is 0 Å². The van der Waals surface area contributed by atoms with Gasteiger partial charge in [-0.2, -0.15) is 0 Å². The molecule has 1 nitrogen and oxygen atoms in total. The molecular weight excluding hydrogens is 244 g/mol. The average molecular weight is 272 g/mol. The number of aliphatic hydroxyl groups excluding tert-OH is 1. The Labute approximate surface area is 123 Å². The molecule has 2 bridgehead atoms. The maximum atomic E-state index is 10.7. The average Bonchev–Trinajstić information content (AvgIpc) is 3.09. The maximum Gasteiger partial charge on any atom is 0.0820 e. The highest BCUT2D eigenvalue weighted by Crippen LogP contribution is 2.52. The summed E-state index contributed by atoms with van der Waals surface area (Å²) in [6.07, 6.45) is 6.24. The highest BCUT2D eigenvalue weighted by molar-refractivity contribution is 5.29. The molecule has 0 aliphatic heterocycles. The van der Waals surface area contributed by atoms with Gasteiger partial charge in [-0.3, -0.25) is 0 Å². The van der Waals surface area contributed by atoms with Gasteiger partial charge in [0.1, 0.15) is 0 Å². The first-order chi connectivity index (χ1) is 9.51. The summed E-state index contributed by atoms with van der Waals surface area (Å²) in [5.74, 6) is 2.19. The van der Waals surface area contributed by atoms with E-state index in [0.717, 1.165) is 23.8 Å². The standard InChI is InChI=1S/C19H28O/c1-4-19(2,3)16-9-7-14(8-10-16)18(20)17-12-13-5-6-15(17)11-13/h7-10,13,15,17-18,20H,4-6,11-12H2,1-3H3. The van der Waals surface area contributed by atoms with Crippen molar-refractivity contribution < 1.29 is 5.11 Å². The number of benzene rings is 1. The molecule has 0 saturated heterocycles. The van der Waals surface area contributed by atoms with Gasteiger partial charge in [-0.1, -0.05) is 51.5 Å². The Morgan fingerprint density at radius 1 is 1.15 bits per heavy atom. The van der Waals surface area contributed by atoms with E-state index < -0.39 is 0 Å². The van der Waals surface area contributed by atoms with Gasteiger partial charge < -0.3 is 5.11 Å². The van der Waals surface area contributed by atoms with Crippen LogP contribution in [-0.4, -0.2) is 5.11 Å². The number of hydrogen-bond acceptors (Lipinski definition) is 1. The van der Waals surface area contributed by atoms with E-state index in [4.69, 9.17) is 0 Å². The summed E-state index contributed by atoms with van der Waals surface area (Å²) in [5, 5.41) is 10.7. The zero-order valence-electron chi connectivity index (χ0n) is 13.1. The lowest BCUT2D eigenvalue weighted by Gasteiger charge is -2.28. The van der Waals surface area contributed by atoms with Crippen molar-refractivity contribution in [3.63, 3.8) is 0 Å². The zero-order valence-corrected chi connectivity index (χ0v) is 13.1. The Bertz CT molecular complexity index is 459. The molecule has 2 aliphatic rings. The predicted molar refractivity (Wildman–Crippen MR) is 83.7 cm³/mol. The molecule has 2 fully saturated rings. The van der Waals surface area contributed by atoms with E-state index in [1.807, 2.05) is 0 Å². The third-order valence-corrected chi connectivity index (χ3v) is 6.12. The van der Waals surface area contributed by atoms with Crippen LogP contribution in [0.25, 0.3) is 0 Å². The summed E-state index contributed by atoms with van der Waals surface area (Å²) in [6.45, 7) is 6.81. The van der Waals surface area contributed by atoms with Crippen LogP contribution in [-0.2, 0) is 5.41 Å². The molecule has 0 amide bonds. The molecule has 20 heavy (non-hydrogen) atoms. The number of fused-ring (bicyclic) bond motifs is 2. The van der Waals surface area contributed by atoms with E-state index in [1.165, 1.54) is 31.2 Å². The van der Waals surface area contributed by atoms with Gasteiger partial charge in [0.15, 0.2) is 0 Å². The lowest BCUT2D eigenvalue weighted by Crippen LogP contribution is -2.20. The quantitative estimate of drug-likeness (QED) is 0.831. The van der Waals surface area contributed by atoms with Gasteiger partial charge in [-0.05, 0) is 60.0 Å². The van der Waals surface area contributed by atoms with Crippen molar-refractivity contribution in [2.45, 2.75) is 64.4 Å². The van der Waals surface area contributed by atoms with Crippen LogP contribution in [0.3, 0.4) is 0 Å². The molecule has 2 saturated carbocycles. The van der Waals surface area contributed by atoms with Crippen LogP contribution >= 0.6 is 0 Å². The zero-order chi connectivity index (χ0) is 14.3. The van der Waals surface area contributed by atoms with E-state index in [-0.39, 0.29) is 11.5 Å². The first-order valence-electron chi connectivity index (χ1n) is 8.30. The van der Waals surface area contributed by atoms with Gasteiger partial charge in [0.25, 0.3) is 0 Å². The summed E-state index contributed by atoms with van der Waals surface area (Å²) in [4.78, 5) is 0. The largest absolute Gasteiger partial charge is 0.388 e. The molecule has 4 unspecified atom stereocenters. The highest BCUT2D eigenvalue weighted by Gasteiger charge is 2.43. The Kier molecular flexibility index (Phi) is 3.66. The lowest BCUT2D eigenvalue weighted by molar-refractivity contribution is 0.0745. The van der Waals surface area contributed by atoms with Gasteiger partial charge in [-0.25, -0.2) is 0 Å². The highest BCUT2D eigenvalue weighted by atomic mass is 16.3. The number of aliphatic hydroxyl groups is 1. The fourth-order valence-corrected chi connectivity index (χ4v) is 4.26. The van der Waals surface area contributed by atoms with Crippen LogP contribution in [0.4, 0.5) is 0 Å². The van der Waals surface area contributed by atoms with Crippen molar-refractivity contribution in [2.75, 3.05) is 0 Å². The minimum atomic E-state index is -0.246. The summed E-state index contributed by atoms with van der Waals surface area (Å²) in [5.41, 5.74) is 2.73. The van der Waals surface area contributed by atoms with Crippen LogP contribution in [0, 0.1) is 17.8 Å². The van der Waals surface area contributed by atoms with Gasteiger partial charge in [0.05, 0.1) is 6.10 Å². The SMILES string of the molecule is CCC(C)(C)c1ccc(C(O)C2CC3CCC2C3)cc1. The third kappa shape index (κ3) is 2.41. The van der Waals surface area contributed by atoms with E-state index in [2.05, 4.69) is 45.0 Å². The molecule has 1 aromatic carbocycles. The van der Waals surface area contributed by atoms with Gasteiger partial charge in [-0.15, -0.1) is 0 Å². The van der Waals surface area contributed by atoms with Gasteiger partial charge >= 0.3 is 0 Å². The van der Waals surface area contributed by atoms with Crippen LogP contribution < -0.4 is 0 Å². The van der Waals surface area contributed by atoms with Crippen LogP contribution in [0.5, 0.6) is 0 Å². The Morgan fingerprint density at radius 2 is 1.85 bits per heavy atom. The third-order valence-electron chi connectivity index (χ3n) is 6.12. The van der Waals surface area contributed by atoms with Crippen LogP contribution in [0.15, 0.2) is 24.3 Å². The fraction of sp³-hybridized carbons (Fsp3) is 0.684. The van der Waals surface area contributed by atoms with E-state index in [1.54, 1.807) is 0 Å². The van der Waals surface area contributed by atoms with Crippen molar-refractivity contribution in [3.05, 3.63) is 35.4 Å². The summed E-state index contributed by atoms with van der Waals surface area (Å²) < 4.78 is 0. The second-order valence-corrected chi connectivity index (χ2v) is 7.64. The Morgan fingerprint density at radius 3 is 2.35 bits per heavy atom. The molecule has 2 aliphatic carbocycles.